The summed E-state index contributed by atoms with van der Waals surface area (Å²) in [6.07, 6.45) is -0.230. The average Bonchev–Trinajstić information content (AvgIpc) is 3.50. The van der Waals surface area contributed by atoms with E-state index < -0.39 is 0 Å². The zero-order valence-corrected chi connectivity index (χ0v) is 25.6. The SMILES string of the molecule is c1ccc(C2=NC(c3ccccc3)NC(c3ccc(-n4c5ccccc5c5c6ccc(-c7ccccc7)cc6ccc54)cc3)=N2)cc1. The largest absolute Gasteiger partial charge is 0.344 e. The summed E-state index contributed by atoms with van der Waals surface area (Å²) < 4.78 is 2.37. The molecule has 1 aliphatic heterocycles. The molecule has 2 heterocycles. The maximum Gasteiger partial charge on any atom is 0.159 e. The summed E-state index contributed by atoms with van der Waals surface area (Å²) in [5, 5.41) is 8.61. The summed E-state index contributed by atoms with van der Waals surface area (Å²) in [5.41, 5.74) is 9.04. The van der Waals surface area contributed by atoms with E-state index in [-0.39, 0.29) is 6.17 Å². The summed E-state index contributed by atoms with van der Waals surface area (Å²) in [6, 6.07) is 59.9. The number of fused-ring (bicyclic) bond motifs is 5. The molecule has 47 heavy (non-hydrogen) atoms. The number of para-hydroxylation sites is 1. The Bertz CT molecular complexity index is 2460. The lowest BCUT2D eigenvalue weighted by molar-refractivity contribution is 0.674. The predicted molar refractivity (Wildman–Crippen MR) is 196 cm³/mol. The first-order valence-corrected chi connectivity index (χ1v) is 16.0. The van der Waals surface area contributed by atoms with Crippen LogP contribution in [-0.2, 0) is 0 Å². The number of rotatable bonds is 5. The third-order valence-electron chi connectivity index (χ3n) is 9.05. The standard InChI is InChI=1S/C43H30N4/c1-4-12-29(13-5-1)33-22-26-36-34(28-33)23-27-39-40(36)37-18-10-11-19-38(37)47(39)35-24-20-32(21-25-35)43-45-41(30-14-6-2-7-15-30)44-42(46-43)31-16-8-3-9-17-31/h1-28,41H,(H,44,45,46). The Hall–Kier alpha value is -6.26. The van der Waals surface area contributed by atoms with Gasteiger partial charge in [-0.05, 0) is 69.9 Å². The molecule has 4 nitrogen and oxygen atoms in total. The fraction of sp³-hybridized carbons (Fsp3) is 0.0233. The number of hydrogen-bond acceptors (Lipinski definition) is 3. The number of hydrogen-bond donors (Lipinski definition) is 1. The van der Waals surface area contributed by atoms with Gasteiger partial charge in [0.1, 0.15) is 12.0 Å². The summed E-state index contributed by atoms with van der Waals surface area (Å²) in [7, 11) is 0. The fourth-order valence-electron chi connectivity index (χ4n) is 6.77. The molecule has 222 valence electrons. The van der Waals surface area contributed by atoms with Gasteiger partial charge in [-0.2, -0.15) is 0 Å². The second-order valence-electron chi connectivity index (χ2n) is 11.9. The Morgan fingerprint density at radius 2 is 1.15 bits per heavy atom. The molecule has 8 aromatic rings. The molecule has 0 fully saturated rings. The Morgan fingerprint density at radius 3 is 1.91 bits per heavy atom. The van der Waals surface area contributed by atoms with E-state index in [2.05, 4.69) is 143 Å². The van der Waals surface area contributed by atoms with E-state index >= 15 is 0 Å². The van der Waals surface area contributed by atoms with Crippen LogP contribution in [0, 0.1) is 0 Å². The molecule has 0 saturated heterocycles. The molecule has 0 bridgehead atoms. The van der Waals surface area contributed by atoms with Crippen molar-refractivity contribution >= 4 is 44.2 Å². The van der Waals surface area contributed by atoms with Crippen LogP contribution in [0.2, 0.25) is 0 Å². The summed E-state index contributed by atoms with van der Waals surface area (Å²) in [5.74, 6) is 1.53. The van der Waals surface area contributed by atoms with Crippen molar-refractivity contribution in [2.45, 2.75) is 6.17 Å². The zero-order chi connectivity index (χ0) is 31.2. The molecule has 1 N–H and O–H groups in total. The minimum Gasteiger partial charge on any atom is -0.344 e. The van der Waals surface area contributed by atoms with Crippen LogP contribution in [0.15, 0.2) is 180 Å². The van der Waals surface area contributed by atoms with Crippen molar-refractivity contribution in [3.05, 3.63) is 187 Å². The summed E-state index contributed by atoms with van der Waals surface area (Å²) in [6.45, 7) is 0. The molecule has 1 unspecified atom stereocenters. The van der Waals surface area contributed by atoms with Crippen LogP contribution in [0.3, 0.4) is 0 Å². The van der Waals surface area contributed by atoms with Gasteiger partial charge >= 0.3 is 0 Å². The molecule has 0 aliphatic carbocycles. The molecule has 1 atom stereocenters. The van der Waals surface area contributed by atoms with Crippen molar-refractivity contribution in [3.8, 4) is 16.8 Å². The highest BCUT2D eigenvalue weighted by Gasteiger charge is 2.21. The minimum atomic E-state index is -0.230. The Morgan fingerprint density at radius 1 is 0.489 bits per heavy atom. The number of amidine groups is 2. The van der Waals surface area contributed by atoms with E-state index in [0.29, 0.717) is 0 Å². The molecule has 7 aromatic carbocycles. The molecule has 1 aromatic heterocycles. The van der Waals surface area contributed by atoms with E-state index in [1.54, 1.807) is 0 Å². The minimum absolute atomic E-state index is 0.230. The molecular weight excluding hydrogens is 573 g/mol. The van der Waals surface area contributed by atoms with Crippen molar-refractivity contribution in [3.63, 3.8) is 0 Å². The normalized spacial score (nSPS) is 14.6. The molecule has 1 aliphatic rings. The number of aliphatic imine (C=N–C) groups is 2. The third kappa shape index (κ3) is 4.79. The van der Waals surface area contributed by atoms with Gasteiger partial charge in [0.2, 0.25) is 0 Å². The lowest BCUT2D eigenvalue weighted by Gasteiger charge is -2.23. The highest BCUT2D eigenvalue weighted by atomic mass is 15.2. The van der Waals surface area contributed by atoms with Gasteiger partial charge in [0.25, 0.3) is 0 Å². The van der Waals surface area contributed by atoms with Crippen LogP contribution in [0.25, 0.3) is 49.4 Å². The number of benzene rings is 7. The van der Waals surface area contributed by atoms with Gasteiger partial charge < -0.3 is 9.88 Å². The average molecular weight is 603 g/mol. The highest BCUT2D eigenvalue weighted by Crippen LogP contribution is 2.38. The predicted octanol–water partition coefficient (Wildman–Crippen LogP) is 10.1. The van der Waals surface area contributed by atoms with E-state index in [1.807, 2.05) is 36.4 Å². The molecule has 0 amide bonds. The molecule has 9 rings (SSSR count). The third-order valence-corrected chi connectivity index (χ3v) is 9.05. The van der Waals surface area contributed by atoms with Gasteiger partial charge in [-0.25, -0.2) is 9.98 Å². The van der Waals surface area contributed by atoms with Crippen LogP contribution >= 0.6 is 0 Å². The van der Waals surface area contributed by atoms with Gasteiger partial charge in [-0.1, -0.05) is 127 Å². The van der Waals surface area contributed by atoms with Crippen LogP contribution in [0.1, 0.15) is 22.9 Å². The van der Waals surface area contributed by atoms with Crippen LogP contribution in [0.5, 0.6) is 0 Å². The van der Waals surface area contributed by atoms with Gasteiger partial charge in [-0.3, -0.25) is 0 Å². The first kappa shape index (κ1) is 27.1. The van der Waals surface area contributed by atoms with Crippen LogP contribution in [-0.4, -0.2) is 16.2 Å². The monoisotopic (exact) mass is 602 g/mol. The Balaban J connectivity index is 1.14. The molecule has 0 saturated carbocycles. The fourth-order valence-corrected chi connectivity index (χ4v) is 6.77. The van der Waals surface area contributed by atoms with E-state index in [4.69, 9.17) is 9.98 Å². The van der Waals surface area contributed by atoms with Crippen molar-refractivity contribution in [2.24, 2.45) is 9.98 Å². The second-order valence-corrected chi connectivity index (χ2v) is 11.9. The van der Waals surface area contributed by atoms with Gasteiger partial charge in [-0.15, -0.1) is 0 Å². The van der Waals surface area contributed by atoms with Crippen molar-refractivity contribution in [2.75, 3.05) is 0 Å². The lowest BCUT2D eigenvalue weighted by atomic mass is 9.98. The molecular formula is C43H30N4. The van der Waals surface area contributed by atoms with Crippen molar-refractivity contribution in [1.29, 1.82) is 0 Å². The maximum absolute atomic E-state index is 5.00. The molecule has 0 spiro atoms. The van der Waals surface area contributed by atoms with E-state index in [9.17, 15) is 0 Å². The quantitative estimate of drug-likeness (QED) is 0.209. The van der Waals surface area contributed by atoms with E-state index in [0.717, 1.165) is 34.0 Å². The Labute approximate surface area is 273 Å². The van der Waals surface area contributed by atoms with E-state index in [1.165, 1.54) is 43.7 Å². The summed E-state index contributed by atoms with van der Waals surface area (Å²) >= 11 is 0. The zero-order valence-electron chi connectivity index (χ0n) is 25.6. The van der Waals surface area contributed by atoms with Gasteiger partial charge in [0.15, 0.2) is 5.84 Å². The van der Waals surface area contributed by atoms with Gasteiger partial charge in [0, 0.05) is 27.6 Å². The highest BCUT2D eigenvalue weighted by molar-refractivity contribution is 6.21. The number of nitrogens with one attached hydrogen (secondary N) is 1. The lowest BCUT2D eigenvalue weighted by Crippen LogP contribution is -2.33. The van der Waals surface area contributed by atoms with Gasteiger partial charge in [0.05, 0.1) is 11.0 Å². The topological polar surface area (TPSA) is 41.7 Å². The smallest absolute Gasteiger partial charge is 0.159 e. The number of nitrogens with zero attached hydrogens (tertiary/aromatic N) is 3. The maximum atomic E-state index is 5.00. The van der Waals surface area contributed by atoms with Crippen LogP contribution < -0.4 is 5.32 Å². The molecule has 0 radical (unpaired) electrons. The van der Waals surface area contributed by atoms with Crippen LogP contribution in [0.4, 0.5) is 0 Å². The molecule has 4 heteroatoms. The summed E-state index contributed by atoms with van der Waals surface area (Å²) in [4.78, 5) is 9.99. The first-order chi connectivity index (χ1) is 23.3. The number of aromatic nitrogens is 1. The first-order valence-electron chi connectivity index (χ1n) is 16.0. The Kier molecular flexibility index (Phi) is 6.50. The van der Waals surface area contributed by atoms with Crippen molar-refractivity contribution in [1.82, 2.24) is 9.88 Å². The second kappa shape index (κ2) is 11.3. The van der Waals surface area contributed by atoms with Crippen molar-refractivity contribution < 1.29 is 0 Å².